The van der Waals surface area contributed by atoms with Crippen LogP contribution in [-0.4, -0.2) is 15.0 Å². The lowest BCUT2D eigenvalue weighted by atomic mass is 9.55. The standard InChI is InChI=1S/C14H17BO2Si/c1-18(2,3)14-10-6-8-12(14)15-11-7-4-5-9-13(11)16-17-15/h4-7,9-10H,8H2,1-3H3. The minimum absolute atomic E-state index is 0.0158. The Balaban J connectivity index is 2.03. The number of benzene rings is 1. The summed E-state index contributed by atoms with van der Waals surface area (Å²) in [5.41, 5.74) is 2.55. The van der Waals surface area contributed by atoms with E-state index in [1.54, 1.807) is 0 Å². The molecular formula is C14H17BO2Si. The topological polar surface area (TPSA) is 18.5 Å². The molecule has 1 aromatic carbocycles. The van der Waals surface area contributed by atoms with Crippen molar-refractivity contribution in [3.8, 4) is 5.75 Å². The Morgan fingerprint density at radius 2 is 1.94 bits per heavy atom. The fraction of sp³-hybridized carbons (Fsp3) is 0.286. The molecule has 0 saturated carbocycles. The lowest BCUT2D eigenvalue weighted by Gasteiger charge is -2.20. The molecule has 0 spiro atoms. The van der Waals surface area contributed by atoms with Crippen LogP contribution in [0, 0.1) is 0 Å². The summed E-state index contributed by atoms with van der Waals surface area (Å²) in [7, 11) is -1.32. The van der Waals surface area contributed by atoms with Crippen molar-refractivity contribution in [3.63, 3.8) is 0 Å². The number of fused-ring (bicyclic) bond motifs is 1. The monoisotopic (exact) mass is 256 g/mol. The Labute approximate surface area is 109 Å². The highest BCUT2D eigenvalue weighted by Crippen LogP contribution is 2.32. The second kappa shape index (κ2) is 4.14. The quantitative estimate of drug-likeness (QED) is 0.598. The van der Waals surface area contributed by atoms with Crippen molar-refractivity contribution in [3.05, 3.63) is 47.1 Å². The molecule has 0 radical (unpaired) electrons. The average Bonchev–Trinajstić information content (AvgIpc) is 2.93. The third kappa shape index (κ3) is 1.85. The predicted molar refractivity (Wildman–Crippen MR) is 77.7 cm³/mol. The first-order valence-corrected chi connectivity index (χ1v) is 9.90. The Morgan fingerprint density at radius 1 is 1.17 bits per heavy atom. The van der Waals surface area contributed by atoms with Crippen LogP contribution < -0.4 is 10.4 Å². The van der Waals surface area contributed by atoms with Crippen LogP contribution in [-0.2, 0) is 4.81 Å². The van der Waals surface area contributed by atoms with Gasteiger partial charge in [0.05, 0.1) is 8.07 Å². The first kappa shape index (κ1) is 11.8. The largest absolute Gasteiger partial charge is 0.421 e. The van der Waals surface area contributed by atoms with E-state index in [0.29, 0.717) is 0 Å². The van der Waals surface area contributed by atoms with E-state index in [-0.39, 0.29) is 6.92 Å². The second-order valence-electron chi connectivity index (χ2n) is 5.89. The van der Waals surface area contributed by atoms with Gasteiger partial charge in [0.2, 0.25) is 0 Å². The molecule has 0 fully saturated rings. The Kier molecular flexibility index (Phi) is 2.72. The van der Waals surface area contributed by atoms with Crippen LogP contribution in [0.4, 0.5) is 0 Å². The summed E-state index contributed by atoms with van der Waals surface area (Å²) in [6, 6.07) is 8.08. The number of hydrogen-bond donors (Lipinski definition) is 0. The van der Waals surface area contributed by atoms with Crippen LogP contribution in [0.25, 0.3) is 0 Å². The molecule has 18 heavy (non-hydrogen) atoms. The highest BCUT2D eigenvalue weighted by atomic mass is 28.3. The number of para-hydroxylation sites is 1. The fourth-order valence-electron chi connectivity index (χ4n) is 2.67. The van der Waals surface area contributed by atoms with Gasteiger partial charge in [-0.05, 0) is 12.5 Å². The predicted octanol–water partition coefficient (Wildman–Crippen LogP) is 2.88. The van der Waals surface area contributed by atoms with Crippen molar-refractivity contribution >= 4 is 20.5 Å². The van der Waals surface area contributed by atoms with Crippen molar-refractivity contribution in [1.29, 1.82) is 0 Å². The van der Waals surface area contributed by atoms with Crippen LogP contribution in [0.15, 0.2) is 47.1 Å². The van der Waals surface area contributed by atoms with Gasteiger partial charge in [-0.2, -0.15) is 0 Å². The molecule has 1 aromatic rings. The molecule has 0 bridgehead atoms. The summed E-state index contributed by atoms with van der Waals surface area (Å²) < 4.78 is 0. The van der Waals surface area contributed by atoms with Gasteiger partial charge < -0.3 is 4.89 Å². The van der Waals surface area contributed by atoms with E-state index in [1.165, 1.54) is 10.7 Å². The molecule has 3 rings (SSSR count). The van der Waals surface area contributed by atoms with Crippen molar-refractivity contribution in [2.75, 3.05) is 0 Å². The van der Waals surface area contributed by atoms with E-state index in [4.69, 9.17) is 9.69 Å². The van der Waals surface area contributed by atoms with Crippen LogP contribution in [0.2, 0.25) is 19.6 Å². The smallest absolute Gasteiger partial charge is 0.353 e. The summed E-state index contributed by atoms with van der Waals surface area (Å²) in [4.78, 5) is 10.9. The van der Waals surface area contributed by atoms with Crippen LogP contribution >= 0.6 is 0 Å². The van der Waals surface area contributed by atoms with Gasteiger partial charge in [-0.3, -0.25) is 0 Å². The van der Waals surface area contributed by atoms with Gasteiger partial charge in [0.15, 0.2) is 5.75 Å². The van der Waals surface area contributed by atoms with Crippen LogP contribution in [0.3, 0.4) is 0 Å². The molecule has 2 aliphatic rings. The minimum Gasteiger partial charge on any atom is -0.353 e. The van der Waals surface area contributed by atoms with Crippen molar-refractivity contribution in [2.45, 2.75) is 26.1 Å². The highest BCUT2D eigenvalue weighted by Gasteiger charge is 2.39. The van der Waals surface area contributed by atoms with Crippen LogP contribution in [0.1, 0.15) is 6.42 Å². The van der Waals surface area contributed by atoms with Gasteiger partial charge in [0, 0.05) is 5.46 Å². The molecular weight excluding hydrogens is 239 g/mol. The van der Waals surface area contributed by atoms with E-state index in [2.05, 4.69) is 37.9 Å². The maximum absolute atomic E-state index is 5.56. The molecule has 1 aliphatic carbocycles. The van der Waals surface area contributed by atoms with Gasteiger partial charge >= 0.3 is 6.92 Å². The molecule has 0 saturated heterocycles. The highest BCUT2D eigenvalue weighted by molar-refractivity contribution is 6.87. The van der Waals surface area contributed by atoms with E-state index in [9.17, 15) is 0 Å². The number of allylic oxidation sites excluding steroid dienone is 4. The van der Waals surface area contributed by atoms with Gasteiger partial charge in [0.25, 0.3) is 0 Å². The minimum atomic E-state index is -1.32. The van der Waals surface area contributed by atoms with E-state index >= 15 is 0 Å². The third-order valence-corrected chi connectivity index (χ3v) is 5.63. The van der Waals surface area contributed by atoms with Crippen molar-refractivity contribution in [2.24, 2.45) is 0 Å². The average molecular weight is 256 g/mol. The molecule has 92 valence electrons. The van der Waals surface area contributed by atoms with Gasteiger partial charge in [-0.1, -0.05) is 60.7 Å². The maximum atomic E-state index is 5.56. The Bertz CT molecular complexity index is 543. The molecule has 2 nitrogen and oxygen atoms in total. The first-order chi connectivity index (χ1) is 8.57. The SMILES string of the molecule is C[Si](C)(C)C1=C(B2OOc3ccccc32)CC=C1. The first-order valence-electron chi connectivity index (χ1n) is 6.40. The molecule has 0 unspecified atom stereocenters. The Morgan fingerprint density at radius 3 is 2.72 bits per heavy atom. The molecule has 4 heteroatoms. The summed E-state index contributed by atoms with van der Waals surface area (Å²) in [5.74, 6) is 0.858. The number of rotatable bonds is 2. The molecule has 0 atom stereocenters. The van der Waals surface area contributed by atoms with Gasteiger partial charge in [-0.15, -0.1) is 0 Å². The van der Waals surface area contributed by atoms with Crippen LogP contribution in [0.5, 0.6) is 5.75 Å². The Hall–Kier alpha value is -1.26. The zero-order valence-corrected chi connectivity index (χ0v) is 12.1. The summed E-state index contributed by atoms with van der Waals surface area (Å²) in [5, 5.41) is 1.51. The van der Waals surface area contributed by atoms with Crippen molar-refractivity contribution < 1.29 is 9.69 Å². The van der Waals surface area contributed by atoms with Crippen molar-refractivity contribution in [1.82, 2.24) is 0 Å². The summed E-state index contributed by atoms with van der Waals surface area (Å²) in [6.45, 7) is 7.11. The zero-order chi connectivity index (χ0) is 12.8. The molecule has 0 N–H and O–H groups in total. The van der Waals surface area contributed by atoms with E-state index in [1.807, 2.05) is 18.2 Å². The van der Waals surface area contributed by atoms with Gasteiger partial charge in [-0.25, -0.2) is 4.81 Å². The lowest BCUT2D eigenvalue weighted by molar-refractivity contribution is -0.0907. The number of hydrogen-bond acceptors (Lipinski definition) is 2. The third-order valence-electron chi connectivity index (χ3n) is 3.53. The van der Waals surface area contributed by atoms with E-state index in [0.717, 1.165) is 17.6 Å². The summed E-state index contributed by atoms with van der Waals surface area (Å²) in [6.07, 6.45) is 5.51. The normalized spacial score (nSPS) is 18.3. The summed E-state index contributed by atoms with van der Waals surface area (Å²) >= 11 is 0. The lowest BCUT2D eigenvalue weighted by Crippen LogP contribution is -2.34. The molecule has 1 aliphatic heterocycles. The molecule has 0 aromatic heterocycles. The maximum Gasteiger partial charge on any atom is 0.421 e. The zero-order valence-electron chi connectivity index (χ0n) is 11.1. The fourth-order valence-corrected chi connectivity index (χ4v) is 4.49. The second-order valence-corrected chi connectivity index (χ2v) is 10.9. The van der Waals surface area contributed by atoms with Gasteiger partial charge in [0.1, 0.15) is 0 Å². The molecule has 1 heterocycles. The van der Waals surface area contributed by atoms with E-state index < -0.39 is 8.07 Å². The molecule has 0 amide bonds.